The van der Waals surface area contributed by atoms with Crippen LogP contribution in [-0.4, -0.2) is 0 Å². The molecule has 2 N–H and O–H groups in total. The zero-order valence-electron chi connectivity index (χ0n) is 12.6. The Kier molecular flexibility index (Phi) is 4.10. The molecular formula is C20H19NO. The average molecular weight is 289 g/mol. The highest BCUT2D eigenvalue weighted by atomic mass is 16.5. The summed E-state index contributed by atoms with van der Waals surface area (Å²) < 4.78 is 5.83. The Morgan fingerprint density at radius 1 is 0.773 bits per heavy atom. The van der Waals surface area contributed by atoms with Gasteiger partial charge in [0, 0.05) is 5.69 Å². The van der Waals surface area contributed by atoms with Crippen LogP contribution in [0.1, 0.15) is 12.5 Å². The van der Waals surface area contributed by atoms with Crippen molar-refractivity contribution in [3.8, 4) is 22.6 Å². The van der Waals surface area contributed by atoms with Crippen molar-refractivity contribution in [2.24, 2.45) is 0 Å². The van der Waals surface area contributed by atoms with E-state index in [0.717, 1.165) is 23.6 Å². The second kappa shape index (κ2) is 6.35. The SMILES string of the molecule is CCc1ccccc1-c1ccc(Oc2ccc(N)cc2)cc1. The van der Waals surface area contributed by atoms with E-state index in [1.165, 1.54) is 16.7 Å². The Morgan fingerprint density at radius 2 is 1.36 bits per heavy atom. The van der Waals surface area contributed by atoms with Crippen molar-refractivity contribution in [3.63, 3.8) is 0 Å². The molecule has 0 unspecified atom stereocenters. The van der Waals surface area contributed by atoms with Crippen LogP contribution in [-0.2, 0) is 6.42 Å². The molecule has 0 aliphatic heterocycles. The first-order valence-corrected chi connectivity index (χ1v) is 7.48. The molecule has 2 nitrogen and oxygen atoms in total. The van der Waals surface area contributed by atoms with Crippen LogP contribution < -0.4 is 10.5 Å². The van der Waals surface area contributed by atoms with Gasteiger partial charge in [0.1, 0.15) is 11.5 Å². The molecule has 0 heterocycles. The van der Waals surface area contributed by atoms with Crippen molar-refractivity contribution in [3.05, 3.63) is 78.4 Å². The third-order valence-electron chi connectivity index (χ3n) is 3.68. The minimum Gasteiger partial charge on any atom is -0.457 e. The minimum absolute atomic E-state index is 0.735. The van der Waals surface area contributed by atoms with Gasteiger partial charge in [-0.1, -0.05) is 43.3 Å². The first-order chi connectivity index (χ1) is 10.8. The molecule has 2 heteroatoms. The molecule has 0 fully saturated rings. The summed E-state index contributed by atoms with van der Waals surface area (Å²) in [6.45, 7) is 2.18. The number of hydrogen-bond donors (Lipinski definition) is 1. The van der Waals surface area contributed by atoms with Crippen LogP contribution in [0.2, 0.25) is 0 Å². The molecule has 0 amide bonds. The first kappa shape index (κ1) is 14.2. The van der Waals surface area contributed by atoms with Crippen molar-refractivity contribution in [1.82, 2.24) is 0 Å². The van der Waals surface area contributed by atoms with Crippen LogP contribution in [0.25, 0.3) is 11.1 Å². The molecule has 0 radical (unpaired) electrons. The average Bonchev–Trinajstić information content (AvgIpc) is 2.58. The van der Waals surface area contributed by atoms with Crippen LogP contribution >= 0.6 is 0 Å². The standard InChI is InChI=1S/C20H19NO/c1-2-15-5-3-4-6-20(15)16-7-11-18(12-8-16)22-19-13-9-17(21)10-14-19/h3-14H,2,21H2,1H3. The third kappa shape index (κ3) is 3.12. The summed E-state index contributed by atoms with van der Waals surface area (Å²) >= 11 is 0. The van der Waals surface area contributed by atoms with E-state index in [9.17, 15) is 0 Å². The summed E-state index contributed by atoms with van der Waals surface area (Å²) in [4.78, 5) is 0. The summed E-state index contributed by atoms with van der Waals surface area (Å²) in [5, 5.41) is 0. The van der Waals surface area contributed by atoms with Gasteiger partial charge in [-0.3, -0.25) is 0 Å². The van der Waals surface area contributed by atoms with Crippen molar-refractivity contribution < 1.29 is 4.74 Å². The maximum Gasteiger partial charge on any atom is 0.127 e. The van der Waals surface area contributed by atoms with Gasteiger partial charge < -0.3 is 10.5 Å². The zero-order chi connectivity index (χ0) is 15.4. The molecule has 3 rings (SSSR count). The molecule has 0 aromatic heterocycles. The normalized spacial score (nSPS) is 10.4. The van der Waals surface area contributed by atoms with E-state index < -0.39 is 0 Å². The maximum absolute atomic E-state index is 5.83. The molecule has 0 atom stereocenters. The number of benzene rings is 3. The Labute approximate surface area is 131 Å². The second-order valence-electron chi connectivity index (χ2n) is 5.21. The molecule has 110 valence electrons. The van der Waals surface area contributed by atoms with E-state index in [-0.39, 0.29) is 0 Å². The highest BCUT2D eigenvalue weighted by Gasteiger charge is 2.04. The number of nitrogens with two attached hydrogens (primary N) is 1. The molecular weight excluding hydrogens is 270 g/mol. The van der Waals surface area contributed by atoms with Gasteiger partial charge in [-0.25, -0.2) is 0 Å². The predicted molar refractivity (Wildman–Crippen MR) is 92.2 cm³/mol. The first-order valence-electron chi connectivity index (χ1n) is 7.48. The number of nitrogen functional groups attached to an aromatic ring is 1. The number of anilines is 1. The number of ether oxygens (including phenoxy) is 1. The van der Waals surface area contributed by atoms with Crippen molar-refractivity contribution >= 4 is 5.69 Å². The predicted octanol–water partition coefficient (Wildman–Crippen LogP) is 5.29. The van der Waals surface area contributed by atoms with Gasteiger partial charge in [-0.15, -0.1) is 0 Å². The fourth-order valence-corrected chi connectivity index (χ4v) is 2.48. The quantitative estimate of drug-likeness (QED) is 0.662. The van der Waals surface area contributed by atoms with E-state index >= 15 is 0 Å². The molecule has 3 aromatic carbocycles. The van der Waals surface area contributed by atoms with Gasteiger partial charge in [-0.2, -0.15) is 0 Å². The molecule has 0 aliphatic rings. The summed E-state index contributed by atoms with van der Waals surface area (Å²) in [5.74, 6) is 1.61. The van der Waals surface area contributed by atoms with E-state index in [2.05, 4.69) is 43.3 Å². The highest BCUT2D eigenvalue weighted by Crippen LogP contribution is 2.28. The fraction of sp³-hybridized carbons (Fsp3) is 0.100. The number of rotatable bonds is 4. The van der Waals surface area contributed by atoms with E-state index in [1.54, 1.807) is 0 Å². The summed E-state index contributed by atoms with van der Waals surface area (Å²) in [7, 11) is 0. The lowest BCUT2D eigenvalue weighted by Gasteiger charge is -2.10. The zero-order valence-corrected chi connectivity index (χ0v) is 12.6. The van der Waals surface area contributed by atoms with Gasteiger partial charge in [0.25, 0.3) is 0 Å². The van der Waals surface area contributed by atoms with Crippen LogP contribution in [0, 0.1) is 0 Å². The lowest BCUT2D eigenvalue weighted by atomic mass is 9.98. The van der Waals surface area contributed by atoms with Crippen LogP contribution in [0.5, 0.6) is 11.5 Å². The van der Waals surface area contributed by atoms with Gasteiger partial charge in [0.05, 0.1) is 0 Å². The van der Waals surface area contributed by atoms with Gasteiger partial charge >= 0.3 is 0 Å². The van der Waals surface area contributed by atoms with Crippen LogP contribution in [0.4, 0.5) is 5.69 Å². The van der Waals surface area contributed by atoms with Gasteiger partial charge in [0.15, 0.2) is 0 Å². The van der Waals surface area contributed by atoms with Crippen molar-refractivity contribution in [2.45, 2.75) is 13.3 Å². The second-order valence-corrected chi connectivity index (χ2v) is 5.21. The monoisotopic (exact) mass is 289 g/mol. The summed E-state index contributed by atoms with van der Waals surface area (Å²) in [5.41, 5.74) is 10.3. The number of hydrogen-bond acceptors (Lipinski definition) is 2. The molecule has 0 saturated carbocycles. The van der Waals surface area contributed by atoms with Crippen molar-refractivity contribution in [2.75, 3.05) is 5.73 Å². The molecule has 22 heavy (non-hydrogen) atoms. The van der Waals surface area contributed by atoms with E-state index in [0.29, 0.717) is 0 Å². The molecule has 0 aliphatic carbocycles. The Bertz CT molecular complexity index is 745. The summed E-state index contributed by atoms with van der Waals surface area (Å²) in [6.07, 6.45) is 1.03. The number of aryl methyl sites for hydroxylation is 1. The Balaban J connectivity index is 1.82. The smallest absolute Gasteiger partial charge is 0.127 e. The lowest BCUT2D eigenvalue weighted by Crippen LogP contribution is -1.88. The third-order valence-corrected chi connectivity index (χ3v) is 3.68. The lowest BCUT2D eigenvalue weighted by molar-refractivity contribution is 0.483. The van der Waals surface area contributed by atoms with E-state index in [4.69, 9.17) is 10.5 Å². The molecule has 3 aromatic rings. The topological polar surface area (TPSA) is 35.2 Å². The Morgan fingerprint density at radius 3 is 2.00 bits per heavy atom. The molecule has 0 spiro atoms. The largest absolute Gasteiger partial charge is 0.457 e. The van der Waals surface area contributed by atoms with Gasteiger partial charge in [-0.05, 0) is 59.5 Å². The summed E-state index contributed by atoms with van der Waals surface area (Å²) in [6, 6.07) is 24.1. The van der Waals surface area contributed by atoms with Gasteiger partial charge in [0.2, 0.25) is 0 Å². The van der Waals surface area contributed by atoms with E-state index in [1.807, 2.05) is 36.4 Å². The minimum atomic E-state index is 0.735. The molecule has 0 bridgehead atoms. The van der Waals surface area contributed by atoms with Crippen LogP contribution in [0.3, 0.4) is 0 Å². The fourth-order valence-electron chi connectivity index (χ4n) is 2.48. The maximum atomic E-state index is 5.83. The van der Waals surface area contributed by atoms with Crippen LogP contribution in [0.15, 0.2) is 72.8 Å². The highest BCUT2D eigenvalue weighted by molar-refractivity contribution is 5.68. The molecule has 0 saturated heterocycles. The Hall–Kier alpha value is -2.74. The van der Waals surface area contributed by atoms with Crippen molar-refractivity contribution in [1.29, 1.82) is 0 Å².